The van der Waals surface area contributed by atoms with Crippen molar-refractivity contribution in [3.8, 4) is 5.75 Å². The van der Waals surface area contributed by atoms with Gasteiger partial charge in [-0.2, -0.15) is 0 Å². The molecule has 1 aromatic carbocycles. The first kappa shape index (κ1) is 15.8. The third-order valence-corrected chi connectivity index (χ3v) is 3.67. The Morgan fingerprint density at radius 1 is 1.21 bits per heavy atom. The molecule has 1 amide bonds. The number of aromatic carboxylic acids is 1. The molecule has 122 valence electrons. The van der Waals surface area contributed by atoms with E-state index in [0.717, 1.165) is 5.69 Å². The molecule has 8 heteroatoms. The largest absolute Gasteiger partial charge is 0.485 e. The molecule has 2 heterocycles. The normalized spacial score (nSPS) is 10.3. The van der Waals surface area contributed by atoms with Crippen molar-refractivity contribution in [2.24, 2.45) is 0 Å². The Hall–Kier alpha value is -3.13. The maximum Gasteiger partial charge on any atom is 0.371 e. The quantitative estimate of drug-likeness (QED) is 0.711. The number of amides is 1. The number of ether oxygens (including phenoxy) is 1. The number of nitrogens with one attached hydrogen (secondary N) is 1. The number of para-hydroxylation sites is 2. The van der Waals surface area contributed by atoms with Crippen LogP contribution in [0.5, 0.6) is 5.75 Å². The molecule has 0 aliphatic rings. The second-order valence-electron chi connectivity index (χ2n) is 4.69. The molecule has 0 aliphatic carbocycles. The van der Waals surface area contributed by atoms with Gasteiger partial charge in [0.1, 0.15) is 12.4 Å². The minimum Gasteiger partial charge on any atom is -0.485 e. The lowest BCUT2D eigenvalue weighted by molar-refractivity contribution is 0.0660. The van der Waals surface area contributed by atoms with E-state index >= 15 is 0 Å². The van der Waals surface area contributed by atoms with E-state index in [-0.39, 0.29) is 18.1 Å². The molecule has 0 atom stereocenters. The molecule has 2 N–H and O–H groups in total. The second-order valence-corrected chi connectivity index (χ2v) is 5.41. The summed E-state index contributed by atoms with van der Waals surface area (Å²) in [4.78, 5) is 27.1. The molecule has 0 aliphatic heterocycles. The van der Waals surface area contributed by atoms with E-state index in [1.165, 1.54) is 23.5 Å². The van der Waals surface area contributed by atoms with Crippen molar-refractivity contribution in [2.45, 2.75) is 6.61 Å². The van der Waals surface area contributed by atoms with Crippen LogP contribution in [0.4, 0.5) is 5.69 Å². The maximum absolute atomic E-state index is 12.2. The van der Waals surface area contributed by atoms with Gasteiger partial charge in [-0.05, 0) is 24.3 Å². The van der Waals surface area contributed by atoms with Gasteiger partial charge in [0.2, 0.25) is 5.76 Å². The fraction of sp³-hybridized carbons (Fsp3) is 0.0625. The number of carbonyl (C=O) groups excluding carboxylic acids is 1. The van der Waals surface area contributed by atoms with E-state index in [1.54, 1.807) is 29.8 Å². The van der Waals surface area contributed by atoms with E-state index in [4.69, 9.17) is 14.3 Å². The number of thiazole rings is 1. The third kappa shape index (κ3) is 3.61. The number of rotatable bonds is 6. The Morgan fingerprint density at radius 3 is 2.71 bits per heavy atom. The standard InChI is InChI=1S/C16H12N2O5S/c19-15(13-5-6-14(23-13)16(20)21)18-11-3-1-2-4-12(11)22-7-10-8-24-9-17-10/h1-6,8-9H,7H2,(H,18,19)(H,20,21). The molecule has 0 unspecified atom stereocenters. The zero-order chi connectivity index (χ0) is 16.9. The molecule has 0 saturated carbocycles. The first-order chi connectivity index (χ1) is 11.6. The molecule has 3 rings (SSSR count). The maximum atomic E-state index is 12.2. The van der Waals surface area contributed by atoms with Gasteiger partial charge in [0, 0.05) is 5.38 Å². The summed E-state index contributed by atoms with van der Waals surface area (Å²) in [6.07, 6.45) is 0. The number of hydrogen-bond acceptors (Lipinski definition) is 6. The predicted octanol–water partition coefficient (Wildman–Crippen LogP) is 3.27. The van der Waals surface area contributed by atoms with Gasteiger partial charge in [-0.25, -0.2) is 9.78 Å². The van der Waals surface area contributed by atoms with E-state index in [9.17, 15) is 9.59 Å². The van der Waals surface area contributed by atoms with Crippen LogP contribution in [0, 0.1) is 0 Å². The highest BCUT2D eigenvalue weighted by molar-refractivity contribution is 7.07. The number of furan rings is 1. The molecule has 0 radical (unpaired) electrons. The van der Waals surface area contributed by atoms with Gasteiger partial charge in [-0.1, -0.05) is 12.1 Å². The zero-order valence-electron chi connectivity index (χ0n) is 12.3. The van der Waals surface area contributed by atoms with Crippen LogP contribution in [-0.2, 0) is 6.61 Å². The summed E-state index contributed by atoms with van der Waals surface area (Å²) in [5.41, 5.74) is 2.95. The highest BCUT2D eigenvalue weighted by Gasteiger charge is 2.16. The molecule has 0 fully saturated rings. The van der Waals surface area contributed by atoms with Crippen molar-refractivity contribution >= 4 is 28.9 Å². The van der Waals surface area contributed by atoms with Crippen molar-refractivity contribution in [1.82, 2.24) is 4.98 Å². The summed E-state index contributed by atoms with van der Waals surface area (Å²) >= 11 is 1.47. The number of carboxylic acids is 1. The van der Waals surface area contributed by atoms with E-state index in [0.29, 0.717) is 11.4 Å². The predicted molar refractivity (Wildman–Crippen MR) is 86.5 cm³/mol. The average Bonchev–Trinajstić information content (AvgIpc) is 3.26. The highest BCUT2D eigenvalue weighted by Crippen LogP contribution is 2.25. The number of carboxylic acid groups (broad SMARTS) is 1. The molecule has 0 saturated heterocycles. The van der Waals surface area contributed by atoms with Gasteiger partial charge < -0.3 is 19.6 Å². The summed E-state index contributed by atoms with van der Waals surface area (Å²) < 4.78 is 10.6. The number of aromatic nitrogens is 1. The minimum absolute atomic E-state index is 0.0956. The number of nitrogens with zero attached hydrogens (tertiary/aromatic N) is 1. The Bertz CT molecular complexity index is 857. The summed E-state index contributed by atoms with van der Waals surface area (Å²) in [5.74, 6) is -1.72. The number of anilines is 1. The molecule has 2 aromatic heterocycles. The highest BCUT2D eigenvalue weighted by atomic mass is 32.1. The van der Waals surface area contributed by atoms with Crippen LogP contribution in [0.25, 0.3) is 0 Å². The number of hydrogen-bond donors (Lipinski definition) is 2. The summed E-state index contributed by atoms with van der Waals surface area (Å²) in [6.45, 7) is 0.278. The van der Waals surface area contributed by atoms with E-state index in [1.807, 2.05) is 5.38 Å². The first-order valence-electron chi connectivity index (χ1n) is 6.87. The van der Waals surface area contributed by atoms with Crippen molar-refractivity contribution in [3.63, 3.8) is 0 Å². The molecular formula is C16H12N2O5S. The fourth-order valence-corrected chi connectivity index (χ4v) is 2.46. The van der Waals surface area contributed by atoms with Crippen LogP contribution in [-0.4, -0.2) is 22.0 Å². The topological polar surface area (TPSA) is 102 Å². The number of carbonyl (C=O) groups is 2. The van der Waals surface area contributed by atoms with Crippen LogP contribution < -0.4 is 10.1 Å². The van der Waals surface area contributed by atoms with Crippen LogP contribution >= 0.6 is 11.3 Å². The van der Waals surface area contributed by atoms with Crippen molar-refractivity contribution < 1.29 is 23.8 Å². The SMILES string of the molecule is O=C(O)c1ccc(C(=O)Nc2ccccc2OCc2cscn2)o1. The van der Waals surface area contributed by atoms with Gasteiger partial charge in [-0.3, -0.25) is 4.79 Å². The van der Waals surface area contributed by atoms with Crippen molar-refractivity contribution in [2.75, 3.05) is 5.32 Å². The lowest BCUT2D eigenvalue weighted by atomic mass is 10.3. The lowest BCUT2D eigenvalue weighted by Crippen LogP contribution is -2.12. The Balaban J connectivity index is 1.72. The Morgan fingerprint density at radius 2 is 2.00 bits per heavy atom. The molecule has 0 bridgehead atoms. The van der Waals surface area contributed by atoms with Crippen LogP contribution in [0.2, 0.25) is 0 Å². The average molecular weight is 344 g/mol. The van der Waals surface area contributed by atoms with Gasteiger partial charge >= 0.3 is 5.97 Å². The lowest BCUT2D eigenvalue weighted by Gasteiger charge is -2.11. The van der Waals surface area contributed by atoms with Gasteiger partial charge in [0.15, 0.2) is 5.76 Å². The summed E-state index contributed by atoms with van der Waals surface area (Å²) in [5, 5.41) is 13.3. The van der Waals surface area contributed by atoms with Crippen molar-refractivity contribution in [1.29, 1.82) is 0 Å². The molecule has 0 spiro atoms. The Labute approximate surface area is 140 Å². The summed E-state index contributed by atoms with van der Waals surface area (Å²) in [7, 11) is 0. The van der Waals surface area contributed by atoms with E-state index < -0.39 is 11.9 Å². The van der Waals surface area contributed by atoms with Gasteiger partial charge in [0.25, 0.3) is 5.91 Å². The summed E-state index contributed by atoms with van der Waals surface area (Å²) in [6, 6.07) is 9.44. The second kappa shape index (κ2) is 6.97. The molecule has 24 heavy (non-hydrogen) atoms. The zero-order valence-corrected chi connectivity index (χ0v) is 13.1. The van der Waals surface area contributed by atoms with Gasteiger partial charge in [-0.15, -0.1) is 11.3 Å². The van der Waals surface area contributed by atoms with Crippen LogP contribution in [0.3, 0.4) is 0 Å². The third-order valence-electron chi connectivity index (χ3n) is 3.03. The first-order valence-corrected chi connectivity index (χ1v) is 7.81. The van der Waals surface area contributed by atoms with Crippen LogP contribution in [0.15, 0.2) is 51.7 Å². The van der Waals surface area contributed by atoms with Crippen molar-refractivity contribution in [3.05, 3.63) is 64.5 Å². The number of benzene rings is 1. The molecule has 3 aromatic rings. The van der Waals surface area contributed by atoms with E-state index in [2.05, 4.69) is 10.3 Å². The van der Waals surface area contributed by atoms with Gasteiger partial charge in [0.05, 0.1) is 16.9 Å². The fourth-order valence-electron chi connectivity index (χ4n) is 1.92. The molecular weight excluding hydrogens is 332 g/mol. The Kier molecular flexibility index (Phi) is 4.57. The smallest absolute Gasteiger partial charge is 0.371 e. The minimum atomic E-state index is -1.24. The monoisotopic (exact) mass is 344 g/mol. The molecule has 7 nitrogen and oxygen atoms in total. The van der Waals surface area contributed by atoms with Crippen LogP contribution in [0.1, 0.15) is 26.8 Å².